The van der Waals surface area contributed by atoms with Crippen molar-refractivity contribution in [1.82, 2.24) is 9.88 Å². The van der Waals surface area contributed by atoms with Gasteiger partial charge < -0.3 is 10.6 Å². The van der Waals surface area contributed by atoms with Crippen LogP contribution in [-0.2, 0) is 0 Å². The number of hydrogen-bond donors (Lipinski definition) is 1. The molecule has 0 radical (unpaired) electrons. The normalized spacial score (nSPS) is 18.6. The predicted molar refractivity (Wildman–Crippen MR) is 79.0 cm³/mol. The molecule has 1 unspecified atom stereocenters. The minimum absolute atomic E-state index is 0.00749. The topological polar surface area (TPSA) is 59.2 Å². The van der Waals surface area contributed by atoms with Crippen LogP contribution in [0.15, 0.2) is 18.3 Å². The molecule has 0 aliphatic carbocycles. The molecule has 2 heterocycles. The van der Waals surface area contributed by atoms with E-state index in [1.807, 2.05) is 4.90 Å². The smallest absolute Gasteiger partial charge is 0.272 e. The van der Waals surface area contributed by atoms with Crippen molar-refractivity contribution in [3.05, 3.63) is 29.6 Å². The number of amides is 1. The average Bonchev–Trinajstić information content (AvgIpc) is 2.87. The zero-order valence-corrected chi connectivity index (χ0v) is 11.9. The molecule has 2 rings (SSSR count). The number of thiocarbonyl (C=S) groups is 1. The summed E-state index contributed by atoms with van der Waals surface area (Å²) < 4.78 is 0. The number of hydrogen-bond acceptors (Lipinski definition) is 3. The quantitative estimate of drug-likeness (QED) is 0.855. The number of likely N-dealkylation sites (tertiary alicyclic amines) is 1. The van der Waals surface area contributed by atoms with Crippen LogP contribution >= 0.6 is 12.2 Å². The number of nitrogens with zero attached hydrogens (tertiary/aromatic N) is 2. The molecule has 1 aliphatic rings. The second-order valence-electron chi connectivity index (χ2n) is 4.99. The number of pyridine rings is 1. The highest BCUT2D eigenvalue weighted by atomic mass is 32.1. The molecular weight excluding hydrogens is 258 g/mol. The Balaban J connectivity index is 2.02. The van der Waals surface area contributed by atoms with Gasteiger partial charge in [0.2, 0.25) is 0 Å². The summed E-state index contributed by atoms with van der Waals surface area (Å²) in [6.07, 6.45) is 5.03. The standard InChI is InChI=1S/C14H19N3OS/c1-2-3-10-6-7-17(9-10)14(18)12-5-4-11(8-16-12)13(15)19/h4-5,8,10H,2-3,6-7,9H2,1H3,(H2,15,19). The lowest BCUT2D eigenvalue weighted by Gasteiger charge is -2.16. The Kier molecular flexibility index (Phi) is 4.47. The molecule has 1 aliphatic heterocycles. The molecule has 1 saturated heterocycles. The van der Waals surface area contributed by atoms with E-state index in [1.165, 1.54) is 12.8 Å². The van der Waals surface area contributed by atoms with E-state index in [-0.39, 0.29) is 5.91 Å². The predicted octanol–water partition coefficient (Wildman–Crippen LogP) is 1.98. The fourth-order valence-electron chi connectivity index (χ4n) is 2.49. The van der Waals surface area contributed by atoms with Crippen LogP contribution in [0, 0.1) is 5.92 Å². The number of carbonyl (C=O) groups excluding carboxylic acids is 1. The molecule has 5 heteroatoms. The van der Waals surface area contributed by atoms with E-state index in [0.717, 1.165) is 19.5 Å². The van der Waals surface area contributed by atoms with Crippen molar-refractivity contribution in [3.63, 3.8) is 0 Å². The monoisotopic (exact) mass is 277 g/mol. The molecule has 0 aromatic carbocycles. The van der Waals surface area contributed by atoms with Gasteiger partial charge >= 0.3 is 0 Å². The van der Waals surface area contributed by atoms with Gasteiger partial charge in [0.25, 0.3) is 5.91 Å². The highest BCUT2D eigenvalue weighted by molar-refractivity contribution is 7.80. The summed E-state index contributed by atoms with van der Waals surface area (Å²) in [4.78, 5) is 18.6. The Morgan fingerprint density at radius 2 is 2.37 bits per heavy atom. The van der Waals surface area contributed by atoms with E-state index in [1.54, 1.807) is 18.3 Å². The lowest BCUT2D eigenvalue weighted by Crippen LogP contribution is -2.29. The van der Waals surface area contributed by atoms with Crippen molar-refractivity contribution < 1.29 is 4.79 Å². The van der Waals surface area contributed by atoms with Crippen molar-refractivity contribution >= 4 is 23.1 Å². The Morgan fingerprint density at radius 1 is 1.58 bits per heavy atom. The molecule has 1 fully saturated rings. The number of carbonyl (C=O) groups is 1. The zero-order chi connectivity index (χ0) is 13.8. The maximum Gasteiger partial charge on any atom is 0.272 e. The highest BCUT2D eigenvalue weighted by Crippen LogP contribution is 2.22. The lowest BCUT2D eigenvalue weighted by atomic mass is 10.0. The van der Waals surface area contributed by atoms with Crippen LogP contribution in [0.1, 0.15) is 42.2 Å². The zero-order valence-electron chi connectivity index (χ0n) is 11.1. The fourth-order valence-corrected chi connectivity index (χ4v) is 2.61. The van der Waals surface area contributed by atoms with E-state index in [2.05, 4.69) is 11.9 Å². The second-order valence-corrected chi connectivity index (χ2v) is 5.43. The van der Waals surface area contributed by atoms with Crippen LogP contribution in [0.3, 0.4) is 0 Å². The SMILES string of the molecule is CCCC1CCN(C(=O)c2ccc(C(N)=S)cn2)C1. The third-order valence-corrected chi connectivity index (χ3v) is 3.77. The van der Waals surface area contributed by atoms with Crippen LogP contribution in [0.25, 0.3) is 0 Å². The first-order valence-corrected chi connectivity index (χ1v) is 7.07. The number of aromatic nitrogens is 1. The molecule has 1 aromatic rings. The van der Waals surface area contributed by atoms with E-state index in [9.17, 15) is 4.79 Å². The van der Waals surface area contributed by atoms with Gasteiger partial charge in [-0.2, -0.15) is 0 Å². The maximum atomic E-state index is 12.3. The average molecular weight is 277 g/mol. The molecule has 4 nitrogen and oxygen atoms in total. The van der Waals surface area contributed by atoms with Crippen molar-refractivity contribution in [1.29, 1.82) is 0 Å². The largest absolute Gasteiger partial charge is 0.389 e. The molecule has 1 aromatic heterocycles. The van der Waals surface area contributed by atoms with Gasteiger partial charge in [-0.1, -0.05) is 25.6 Å². The van der Waals surface area contributed by atoms with E-state index < -0.39 is 0 Å². The van der Waals surface area contributed by atoms with Crippen molar-refractivity contribution in [2.75, 3.05) is 13.1 Å². The fraction of sp³-hybridized carbons (Fsp3) is 0.500. The van der Waals surface area contributed by atoms with Gasteiger partial charge in [0.1, 0.15) is 10.7 Å². The van der Waals surface area contributed by atoms with Crippen molar-refractivity contribution in [2.24, 2.45) is 11.7 Å². The number of rotatable bonds is 4. The van der Waals surface area contributed by atoms with Gasteiger partial charge in [-0.25, -0.2) is 0 Å². The molecule has 0 bridgehead atoms. The molecule has 102 valence electrons. The van der Waals surface area contributed by atoms with Crippen molar-refractivity contribution in [3.8, 4) is 0 Å². The Labute approximate surface area is 119 Å². The summed E-state index contributed by atoms with van der Waals surface area (Å²) in [5.41, 5.74) is 6.67. The molecule has 0 saturated carbocycles. The molecule has 1 amide bonds. The van der Waals surface area contributed by atoms with Crippen LogP contribution < -0.4 is 5.73 Å². The third kappa shape index (κ3) is 3.29. The summed E-state index contributed by atoms with van der Waals surface area (Å²) in [6.45, 7) is 3.87. The summed E-state index contributed by atoms with van der Waals surface area (Å²) in [5.74, 6) is 0.651. The van der Waals surface area contributed by atoms with Gasteiger partial charge in [0.15, 0.2) is 0 Å². The summed E-state index contributed by atoms with van der Waals surface area (Å²) in [6, 6.07) is 3.45. The first-order chi connectivity index (χ1) is 9.11. The molecule has 0 spiro atoms. The van der Waals surface area contributed by atoms with E-state index >= 15 is 0 Å². The maximum absolute atomic E-state index is 12.3. The molecule has 2 N–H and O–H groups in total. The summed E-state index contributed by atoms with van der Waals surface area (Å²) in [5, 5.41) is 0. The summed E-state index contributed by atoms with van der Waals surface area (Å²) >= 11 is 4.87. The second kappa shape index (κ2) is 6.10. The first-order valence-electron chi connectivity index (χ1n) is 6.67. The highest BCUT2D eigenvalue weighted by Gasteiger charge is 2.26. The Morgan fingerprint density at radius 3 is 2.95 bits per heavy atom. The van der Waals surface area contributed by atoms with Gasteiger partial charge in [-0.15, -0.1) is 0 Å². The Hall–Kier alpha value is -1.49. The van der Waals surface area contributed by atoms with Crippen molar-refractivity contribution in [2.45, 2.75) is 26.2 Å². The van der Waals surface area contributed by atoms with Crippen LogP contribution in [0.2, 0.25) is 0 Å². The van der Waals surface area contributed by atoms with Gasteiger partial charge in [-0.05, 0) is 30.9 Å². The van der Waals surface area contributed by atoms with E-state index in [4.69, 9.17) is 18.0 Å². The third-order valence-electron chi connectivity index (χ3n) is 3.54. The van der Waals surface area contributed by atoms with E-state index in [0.29, 0.717) is 22.2 Å². The molecular formula is C14H19N3OS. The minimum Gasteiger partial charge on any atom is -0.389 e. The molecule has 1 atom stereocenters. The van der Waals surface area contributed by atoms with Crippen LogP contribution in [0.4, 0.5) is 0 Å². The number of nitrogens with two attached hydrogens (primary N) is 1. The summed E-state index contributed by atoms with van der Waals surface area (Å²) in [7, 11) is 0. The minimum atomic E-state index is 0.00749. The van der Waals surface area contributed by atoms with Crippen LogP contribution in [-0.4, -0.2) is 33.9 Å². The van der Waals surface area contributed by atoms with Gasteiger partial charge in [0.05, 0.1) is 0 Å². The first kappa shape index (κ1) is 13.9. The Bertz CT molecular complexity index is 472. The van der Waals surface area contributed by atoms with Crippen LogP contribution in [0.5, 0.6) is 0 Å². The lowest BCUT2D eigenvalue weighted by molar-refractivity contribution is 0.0780. The molecule has 19 heavy (non-hydrogen) atoms. The van der Waals surface area contributed by atoms with Gasteiger partial charge in [-0.3, -0.25) is 9.78 Å². The van der Waals surface area contributed by atoms with Gasteiger partial charge in [0, 0.05) is 24.8 Å².